The Morgan fingerprint density at radius 1 is 1.28 bits per heavy atom. The third-order valence-corrected chi connectivity index (χ3v) is 3.63. The van der Waals surface area contributed by atoms with Gasteiger partial charge < -0.3 is 5.32 Å². The van der Waals surface area contributed by atoms with Gasteiger partial charge in [0.15, 0.2) is 0 Å². The van der Waals surface area contributed by atoms with Crippen LogP contribution in [0.1, 0.15) is 0 Å². The van der Waals surface area contributed by atoms with E-state index in [0.29, 0.717) is 11.5 Å². The van der Waals surface area contributed by atoms with Gasteiger partial charge in [0.25, 0.3) is 10.0 Å². The van der Waals surface area contributed by atoms with Crippen molar-refractivity contribution in [2.45, 2.75) is 4.90 Å². The molecule has 18 heavy (non-hydrogen) atoms. The van der Waals surface area contributed by atoms with Gasteiger partial charge in [-0.15, -0.1) is 0 Å². The number of anilines is 2. The number of aromatic nitrogens is 3. The molecule has 0 aliphatic rings. The number of pyridine rings is 1. The number of rotatable bonds is 4. The third-order valence-electron chi connectivity index (χ3n) is 2.26. The summed E-state index contributed by atoms with van der Waals surface area (Å²) in [5.74, 6) is 0.607. The number of nitrogens with one attached hydrogen (secondary N) is 2. The Balaban J connectivity index is 2.24. The highest BCUT2D eigenvalue weighted by Crippen LogP contribution is 2.15. The van der Waals surface area contributed by atoms with E-state index in [1.807, 2.05) is 0 Å². The van der Waals surface area contributed by atoms with Gasteiger partial charge in [-0.25, -0.2) is 13.4 Å². The Labute approximate surface area is 105 Å². The SMILES string of the molecule is CNc1ccc(S(=O)(=O)Nc2cnn(C)c2)cn1. The predicted molar refractivity (Wildman–Crippen MR) is 67.8 cm³/mol. The monoisotopic (exact) mass is 267 g/mol. The van der Waals surface area contributed by atoms with Crippen LogP contribution in [0.4, 0.5) is 11.5 Å². The second-order valence-corrected chi connectivity index (χ2v) is 5.32. The van der Waals surface area contributed by atoms with E-state index in [1.165, 1.54) is 23.1 Å². The van der Waals surface area contributed by atoms with E-state index in [-0.39, 0.29) is 4.90 Å². The highest BCUT2D eigenvalue weighted by atomic mass is 32.2. The van der Waals surface area contributed by atoms with Crippen LogP contribution in [0, 0.1) is 0 Å². The number of aryl methyl sites for hydroxylation is 1. The first kappa shape index (κ1) is 12.4. The lowest BCUT2D eigenvalue weighted by atomic mass is 10.5. The molecule has 96 valence electrons. The average Bonchev–Trinajstić information content (AvgIpc) is 2.74. The van der Waals surface area contributed by atoms with Crippen LogP contribution in [-0.4, -0.2) is 30.2 Å². The van der Waals surface area contributed by atoms with E-state index in [0.717, 1.165) is 0 Å². The molecule has 0 bridgehead atoms. The Morgan fingerprint density at radius 2 is 2.06 bits per heavy atom. The van der Waals surface area contributed by atoms with Gasteiger partial charge in [0, 0.05) is 26.5 Å². The molecule has 0 aliphatic heterocycles. The zero-order chi connectivity index (χ0) is 13.2. The summed E-state index contributed by atoms with van der Waals surface area (Å²) in [6.07, 6.45) is 4.31. The lowest BCUT2D eigenvalue weighted by molar-refractivity contribution is 0.601. The van der Waals surface area contributed by atoms with Gasteiger partial charge in [-0.1, -0.05) is 0 Å². The summed E-state index contributed by atoms with van der Waals surface area (Å²) >= 11 is 0. The molecule has 0 aromatic carbocycles. The van der Waals surface area contributed by atoms with E-state index in [1.54, 1.807) is 26.4 Å². The first-order valence-corrected chi connectivity index (χ1v) is 6.65. The molecule has 0 saturated carbocycles. The van der Waals surface area contributed by atoms with Crippen molar-refractivity contribution in [3.8, 4) is 0 Å². The van der Waals surface area contributed by atoms with E-state index >= 15 is 0 Å². The van der Waals surface area contributed by atoms with Crippen LogP contribution in [0.15, 0.2) is 35.6 Å². The minimum absolute atomic E-state index is 0.102. The summed E-state index contributed by atoms with van der Waals surface area (Å²) in [6, 6.07) is 3.08. The quantitative estimate of drug-likeness (QED) is 0.849. The lowest BCUT2D eigenvalue weighted by Gasteiger charge is -2.06. The summed E-state index contributed by atoms with van der Waals surface area (Å²) in [5.41, 5.74) is 0.412. The number of hydrogen-bond donors (Lipinski definition) is 2. The second-order valence-electron chi connectivity index (χ2n) is 3.64. The molecule has 0 unspecified atom stereocenters. The van der Waals surface area contributed by atoms with Crippen LogP contribution in [-0.2, 0) is 17.1 Å². The molecule has 0 fully saturated rings. The number of hydrogen-bond acceptors (Lipinski definition) is 5. The molecule has 2 N–H and O–H groups in total. The Bertz CT molecular complexity index is 633. The van der Waals surface area contributed by atoms with Gasteiger partial charge in [-0.3, -0.25) is 9.40 Å². The maximum Gasteiger partial charge on any atom is 0.263 e. The van der Waals surface area contributed by atoms with Crippen LogP contribution in [0.2, 0.25) is 0 Å². The first-order chi connectivity index (χ1) is 8.51. The molecule has 8 heteroatoms. The first-order valence-electron chi connectivity index (χ1n) is 5.16. The summed E-state index contributed by atoms with van der Waals surface area (Å²) in [7, 11) is -0.197. The molecule has 0 spiro atoms. The third kappa shape index (κ3) is 2.59. The predicted octanol–water partition coefficient (Wildman–Crippen LogP) is 0.658. The minimum Gasteiger partial charge on any atom is -0.373 e. The van der Waals surface area contributed by atoms with Crippen molar-refractivity contribution in [3.63, 3.8) is 0 Å². The van der Waals surface area contributed by atoms with Gasteiger partial charge in [0.2, 0.25) is 0 Å². The summed E-state index contributed by atoms with van der Waals surface area (Å²) in [5, 5.41) is 6.70. The maximum absolute atomic E-state index is 12.0. The normalized spacial score (nSPS) is 11.2. The van der Waals surface area contributed by atoms with Gasteiger partial charge in [0.05, 0.1) is 11.9 Å². The van der Waals surface area contributed by atoms with Crippen molar-refractivity contribution < 1.29 is 8.42 Å². The number of sulfonamides is 1. The van der Waals surface area contributed by atoms with Crippen LogP contribution in [0.25, 0.3) is 0 Å². The van der Waals surface area contributed by atoms with E-state index in [4.69, 9.17) is 0 Å². The van der Waals surface area contributed by atoms with Gasteiger partial charge in [0.1, 0.15) is 10.7 Å². The molecule has 2 rings (SSSR count). The topological polar surface area (TPSA) is 88.9 Å². The molecule has 0 saturated heterocycles. The minimum atomic E-state index is -3.62. The molecule has 7 nitrogen and oxygen atoms in total. The fourth-order valence-corrected chi connectivity index (χ4v) is 2.35. The van der Waals surface area contributed by atoms with E-state index in [2.05, 4.69) is 20.1 Å². The second kappa shape index (κ2) is 4.65. The average molecular weight is 267 g/mol. The highest BCUT2D eigenvalue weighted by Gasteiger charge is 2.15. The smallest absolute Gasteiger partial charge is 0.263 e. The van der Waals surface area contributed by atoms with Crippen LogP contribution >= 0.6 is 0 Å². The van der Waals surface area contributed by atoms with Crippen LogP contribution in [0.3, 0.4) is 0 Å². The number of nitrogens with zero attached hydrogens (tertiary/aromatic N) is 3. The Hall–Kier alpha value is -2.09. The van der Waals surface area contributed by atoms with Crippen molar-refractivity contribution in [1.29, 1.82) is 0 Å². The van der Waals surface area contributed by atoms with Crippen LogP contribution in [0.5, 0.6) is 0 Å². The van der Waals surface area contributed by atoms with Gasteiger partial charge in [-0.2, -0.15) is 5.10 Å². The summed E-state index contributed by atoms with van der Waals surface area (Å²) in [4.78, 5) is 4.06. The van der Waals surface area contributed by atoms with Crippen molar-refractivity contribution in [3.05, 3.63) is 30.7 Å². The van der Waals surface area contributed by atoms with Crippen molar-refractivity contribution in [2.75, 3.05) is 17.1 Å². The van der Waals surface area contributed by atoms with Crippen molar-refractivity contribution in [1.82, 2.24) is 14.8 Å². The largest absolute Gasteiger partial charge is 0.373 e. The molecule has 2 heterocycles. The van der Waals surface area contributed by atoms with Crippen molar-refractivity contribution in [2.24, 2.45) is 7.05 Å². The Kier molecular flexibility index (Phi) is 3.19. The molecule has 0 amide bonds. The van der Waals surface area contributed by atoms with Gasteiger partial charge in [-0.05, 0) is 12.1 Å². The fraction of sp³-hybridized carbons (Fsp3) is 0.200. The zero-order valence-electron chi connectivity index (χ0n) is 9.95. The molecular weight excluding hydrogens is 254 g/mol. The molecule has 0 radical (unpaired) electrons. The van der Waals surface area contributed by atoms with Gasteiger partial charge >= 0.3 is 0 Å². The molecule has 2 aromatic rings. The highest BCUT2D eigenvalue weighted by molar-refractivity contribution is 7.92. The molecular formula is C10H13N5O2S. The molecule has 2 aromatic heterocycles. The fourth-order valence-electron chi connectivity index (χ4n) is 1.38. The lowest BCUT2D eigenvalue weighted by Crippen LogP contribution is -2.13. The van der Waals surface area contributed by atoms with E-state index in [9.17, 15) is 8.42 Å². The Morgan fingerprint density at radius 3 is 2.56 bits per heavy atom. The molecule has 0 atom stereocenters. The summed E-state index contributed by atoms with van der Waals surface area (Å²) < 4.78 is 27.9. The van der Waals surface area contributed by atoms with E-state index < -0.39 is 10.0 Å². The van der Waals surface area contributed by atoms with Crippen molar-refractivity contribution >= 4 is 21.5 Å². The molecule has 0 aliphatic carbocycles. The maximum atomic E-state index is 12.0. The zero-order valence-corrected chi connectivity index (χ0v) is 10.8. The van der Waals surface area contributed by atoms with Crippen LogP contribution < -0.4 is 10.0 Å². The standard InChI is InChI=1S/C10H13N5O2S/c1-11-10-4-3-9(6-12-10)18(16,17)14-8-5-13-15(2)7-8/h3-7,14H,1-2H3,(H,11,12). The summed E-state index contributed by atoms with van der Waals surface area (Å²) in [6.45, 7) is 0.